The van der Waals surface area contributed by atoms with Gasteiger partial charge in [-0.2, -0.15) is 5.10 Å². The predicted molar refractivity (Wildman–Crippen MR) is 82.8 cm³/mol. The molecule has 2 atom stereocenters. The summed E-state index contributed by atoms with van der Waals surface area (Å²) in [5.74, 6) is 0. The molecule has 110 valence electrons. The van der Waals surface area contributed by atoms with Gasteiger partial charge in [0, 0.05) is 11.7 Å². The third-order valence-corrected chi connectivity index (χ3v) is 4.14. The SMILES string of the molecule is CCCNC(CCC)C(CC)n1nc(C)c(C)c1C. The molecular weight excluding hydrogens is 234 g/mol. The van der Waals surface area contributed by atoms with Crippen molar-refractivity contribution in [1.29, 1.82) is 0 Å². The number of hydrogen-bond donors (Lipinski definition) is 1. The van der Waals surface area contributed by atoms with Crippen LogP contribution < -0.4 is 5.32 Å². The van der Waals surface area contributed by atoms with Gasteiger partial charge in [0.05, 0.1) is 11.7 Å². The number of aryl methyl sites for hydroxylation is 1. The van der Waals surface area contributed by atoms with Crippen LogP contribution in [-0.2, 0) is 0 Å². The van der Waals surface area contributed by atoms with E-state index in [2.05, 4.69) is 51.5 Å². The molecule has 19 heavy (non-hydrogen) atoms. The van der Waals surface area contributed by atoms with Crippen molar-refractivity contribution in [2.24, 2.45) is 0 Å². The molecule has 1 N–H and O–H groups in total. The standard InChI is InChI=1S/C16H31N3/c1-7-10-15(17-11-8-2)16(9-3)19-14(6)12(4)13(5)18-19/h15-17H,7-11H2,1-6H3. The summed E-state index contributed by atoms with van der Waals surface area (Å²) in [6.45, 7) is 14.3. The molecule has 3 nitrogen and oxygen atoms in total. The fourth-order valence-corrected chi connectivity index (χ4v) is 2.77. The molecule has 0 saturated carbocycles. The predicted octanol–water partition coefficient (Wildman–Crippen LogP) is 3.93. The molecule has 1 aromatic rings. The van der Waals surface area contributed by atoms with Crippen LogP contribution in [0.25, 0.3) is 0 Å². The van der Waals surface area contributed by atoms with Gasteiger partial charge in [0.15, 0.2) is 0 Å². The topological polar surface area (TPSA) is 29.9 Å². The van der Waals surface area contributed by atoms with Crippen molar-refractivity contribution in [3.63, 3.8) is 0 Å². The Bertz CT molecular complexity index is 382. The molecule has 0 aliphatic carbocycles. The van der Waals surface area contributed by atoms with Crippen molar-refractivity contribution in [2.45, 2.75) is 79.3 Å². The summed E-state index contributed by atoms with van der Waals surface area (Å²) in [5.41, 5.74) is 3.83. The fourth-order valence-electron chi connectivity index (χ4n) is 2.77. The van der Waals surface area contributed by atoms with E-state index in [4.69, 9.17) is 5.10 Å². The van der Waals surface area contributed by atoms with Crippen molar-refractivity contribution < 1.29 is 0 Å². The van der Waals surface area contributed by atoms with E-state index >= 15 is 0 Å². The van der Waals surface area contributed by atoms with E-state index in [0.29, 0.717) is 12.1 Å². The van der Waals surface area contributed by atoms with E-state index in [1.807, 2.05) is 0 Å². The van der Waals surface area contributed by atoms with E-state index in [0.717, 1.165) is 13.0 Å². The lowest BCUT2D eigenvalue weighted by molar-refractivity contribution is 0.296. The molecule has 0 spiro atoms. The van der Waals surface area contributed by atoms with E-state index in [9.17, 15) is 0 Å². The van der Waals surface area contributed by atoms with E-state index in [-0.39, 0.29) is 0 Å². The minimum absolute atomic E-state index is 0.471. The molecular formula is C16H31N3. The Balaban J connectivity index is 2.97. The molecule has 1 aromatic heterocycles. The maximum absolute atomic E-state index is 4.77. The van der Waals surface area contributed by atoms with Gasteiger partial charge in [-0.1, -0.05) is 27.2 Å². The van der Waals surface area contributed by atoms with Gasteiger partial charge in [0.1, 0.15) is 0 Å². The first-order chi connectivity index (χ1) is 9.06. The third-order valence-electron chi connectivity index (χ3n) is 4.14. The number of aromatic nitrogens is 2. The van der Waals surface area contributed by atoms with Crippen LogP contribution in [0.4, 0.5) is 0 Å². The largest absolute Gasteiger partial charge is 0.312 e. The molecule has 1 rings (SSSR count). The molecule has 0 radical (unpaired) electrons. The zero-order valence-corrected chi connectivity index (χ0v) is 13.6. The molecule has 0 aliphatic heterocycles. The lowest BCUT2D eigenvalue weighted by Crippen LogP contribution is -2.38. The molecule has 0 aromatic carbocycles. The van der Waals surface area contributed by atoms with E-state index < -0.39 is 0 Å². The molecule has 0 bridgehead atoms. The van der Waals surface area contributed by atoms with Crippen molar-refractivity contribution >= 4 is 0 Å². The average Bonchev–Trinajstić information content (AvgIpc) is 2.65. The van der Waals surface area contributed by atoms with Gasteiger partial charge in [0.25, 0.3) is 0 Å². The second-order valence-corrected chi connectivity index (χ2v) is 5.57. The summed E-state index contributed by atoms with van der Waals surface area (Å²) >= 11 is 0. The second kappa shape index (κ2) is 7.68. The van der Waals surface area contributed by atoms with Gasteiger partial charge in [-0.05, 0) is 52.1 Å². The van der Waals surface area contributed by atoms with Crippen molar-refractivity contribution in [2.75, 3.05) is 6.54 Å². The highest BCUT2D eigenvalue weighted by Gasteiger charge is 2.23. The quantitative estimate of drug-likeness (QED) is 0.772. The molecule has 0 saturated heterocycles. The maximum atomic E-state index is 4.77. The highest BCUT2D eigenvalue weighted by Crippen LogP contribution is 2.24. The Morgan fingerprint density at radius 2 is 1.79 bits per heavy atom. The minimum Gasteiger partial charge on any atom is -0.312 e. The number of nitrogens with one attached hydrogen (secondary N) is 1. The monoisotopic (exact) mass is 265 g/mol. The van der Waals surface area contributed by atoms with Gasteiger partial charge < -0.3 is 5.32 Å². The highest BCUT2D eigenvalue weighted by atomic mass is 15.3. The normalized spacial score (nSPS) is 14.6. The third kappa shape index (κ3) is 3.82. The molecule has 0 fully saturated rings. The Morgan fingerprint density at radius 1 is 1.11 bits per heavy atom. The summed E-state index contributed by atoms with van der Waals surface area (Å²) in [6, 6.07) is 1.01. The van der Waals surface area contributed by atoms with Crippen LogP contribution in [-0.4, -0.2) is 22.4 Å². The van der Waals surface area contributed by atoms with E-state index in [1.165, 1.54) is 36.2 Å². The first kappa shape index (κ1) is 16.2. The van der Waals surface area contributed by atoms with E-state index in [1.54, 1.807) is 0 Å². The van der Waals surface area contributed by atoms with Crippen molar-refractivity contribution in [3.8, 4) is 0 Å². The van der Waals surface area contributed by atoms with Crippen LogP contribution in [0.1, 0.15) is 69.4 Å². The van der Waals surface area contributed by atoms with Crippen LogP contribution in [0, 0.1) is 20.8 Å². The Labute approximate surface area is 118 Å². The number of rotatable bonds is 8. The highest BCUT2D eigenvalue weighted by molar-refractivity contribution is 5.23. The molecule has 3 heteroatoms. The maximum Gasteiger partial charge on any atom is 0.0672 e. The van der Waals surface area contributed by atoms with Crippen LogP contribution in [0.3, 0.4) is 0 Å². The molecule has 0 aliphatic rings. The van der Waals surface area contributed by atoms with Gasteiger partial charge in [-0.25, -0.2) is 0 Å². The van der Waals surface area contributed by atoms with Gasteiger partial charge in [-0.3, -0.25) is 4.68 Å². The number of hydrogen-bond acceptors (Lipinski definition) is 2. The smallest absolute Gasteiger partial charge is 0.0672 e. The lowest BCUT2D eigenvalue weighted by atomic mass is 10.0. The fraction of sp³-hybridized carbons (Fsp3) is 0.812. The molecule has 0 amide bonds. The molecule has 1 heterocycles. The van der Waals surface area contributed by atoms with Gasteiger partial charge in [-0.15, -0.1) is 0 Å². The lowest BCUT2D eigenvalue weighted by Gasteiger charge is -2.28. The summed E-state index contributed by atoms with van der Waals surface area (Å²) in [5, 5.41) is 8.48. The Morgan fingerprint density at radius 3 is 2.21 bits per heavy atom. The van der Waals surface area contributed by atoms with Crippen molar-refractivity contribution in [1.82, 2.24) is 15.1 Å². The zero-order chi connectivity index (χ0) is 14.4. The van der Waals surface area contributed by atoms with Gasteiger partial charge >= 0.3 is 0 Å². The number of nitrogens with zero attached hydrogens (tertiary/aromatic N) is 2. The molecule has 2 unspecified atom stereocenters. The summed E-state index contributed by atoms with van der Waals surface area (Å²) in [4.78, 5) is 0. The summed E-state index contributed by atoms with van der Waals surface area (Å²) in [7, 11) is 0. The Hall–Kier alpha value is -0.830. The van der Waals surface area contributed by atoms with Crippen LogP contribution >= 0.6 is 0 Å². The average molecular weight is 265 g/mol. The van der Waals surface area contributed by atoms with Crippen LogP contribution in [0.5, 0.6) is 0 Å². The first-order valence-electron chi connectivity index (χ1n) is 7.82. The zero-order valence-electron chi connectivity index (χ0n) is 13.6. The summed E-state index contributed by atoms with van der Waals surface area (Å²) < 4.78 is 2.26. The Kier molecular flexibility index (Phi) is 6.56. The second-order valence-electron chi connectivity index (χ2n) is 5.57. The summed E-state index contributed by atoms with van der Waals surface area (Å²) in [6.07, 6.45) is 4.75. The first-order valence-corrected chi connectivity index (χ1v) is 7.82. The van der Waals surface area contributed by atoms with Crippen LogP contribution in [0.15, 0.2) is 0 Å². The minimum atomic E-state index is 0.471. The van der Waals surface area contributed by atoms with Gasteiger partial charge in [0.2, 0.25) is 0 Å². The van der Waals surface area contributed by atoms with Crippen LogP contribution in [0.2, 0.25) is 0 Å². The van der Waals surface area contributed by atoms with Crippen molar-refractivity contribution in [3.05, 3.63) is 17.0 Å².